The Hall–Kier alpha value is -1.90. The maximum absolute atomic E-state index is 11.7. The van der Waals surface area contributed by atoms with E-state index < -0.39 is 5.41 Å². The number of nitrogens with one attached hydrogen (secondary N) is 2. The second kappa shape index (κ2) is 5.43. The highest BCUT2D eigenvalue weighted by atomic mass is 16.2. The highest BCUT2D eigenvalue weighted by Gasteiger charge is 2.19. The van der Waals surface area contributed by atoms with Gasteiger partial charge in [-0.2, -0.15) is 5.26 Å². The number of nitriles is 1. The molecule has 0 radical (unpaired) electrons. The molecule has 0 saturated heterocycles. The van der Waals surface area contributed by atoms with E-state index in [1.807, 2.05) is 6.92 Å². The molecule has 0 saturated carbocycles. The van der Waals surface area contributed by atoms with Gasteiger partial charge in [-0.25, -0.2) is 4.98 Å². The van der Waals surface area contributed by atoms with Crippen molar-refractivity contribution in [2.45, 2.75) is 33.6 Å². The summed E-state index contributed by atoms with van der Waals surface area (Å²) in [7, 11) is 0. The summed E-state index contributed by atoms with van der Waals surface area (Å²) in [5.74, 6) is 0.478. The van der Waals surface area contributed by atoms with E-state index in [9.17, 15) is 4.79 Å². The Kier molecular flexibility index (Phi) is 4.21. The number of rotatable bonds is 5. The number of aryl methyl sites for hydroxylation is 1. The second-order valence-corrected chi connectivity index (χ2v) is 4.53. The number of amides is 1. The summed E-state index contributed by atoms with van der Waals surface area (Å²) < 4.78 is 0. The van der Waals surface area contributed by atoms with E-state index >= 15 is 0 Å². The van der Waals surface area contributed by atoms with Gasteiger partial charge >= 0.3 is 0 Å². The van der Waals surface area contributed by atoms with Crippen molar-refractivity contribution in [3.8, 4) is 6.07 Å². The molecule has 0 aromatic carbocycles. The zero-order valence-corrected chi connectivity index (χ0v) is 10.4. The van der Waals surface area contributed by atoms with E-state index in [-0.39, 0.29) is 18.3 Å². The number of aromatic nitrogens is 3. The average molecular weight is 235 g/mol. The molecule has 0 bridgehead atoms. The molecule has 0 unspecified atom stereocenters. The van der Waals surface area contributed by atoms with Gasteiger partial charge in [0, 0.05) is 13.0 Å². The molecule has 6 nitrogen and oxygen atoms in total. The molecule has 6 heteroatoms. The molecule has 1 heterocycles. The topological polar surface area (TPSA) is 94.5 Å². The molecule has 0 fully saturated rings. The van der Waals surface area contributed by atoms with Crippen molar-refractivity contribution in [2.24, 2.45) is 5.41 Å². The highest BCUT2D eigenvalue weighted by Crippen LogP contribution is 2.10. The Morgan fingerprint density at radius 3 is 2.88 bits per heavy atom. The Morgan fingerprint density at radius 1 is 1.59 bits per heavy atom. The lowest BCUT2D eigenvalue weighted by molar-refractivity contribution is 0.0933. The maximum Gasteiger partial charge on any atom is 0.291 e. The molecule has 0 aliphatic rings. The summed E-state index contributed by atoms with van der Waals surface area (Å²) in [4.78, 5) is 15.7. The van der Waals surface area contributed by atoms with Gasteiger partial charge in [0.15, 0.2) is 0 Å². The lowest BCUT2D eigenvalue weighted by Crippen LogP contribution is -2.33. The van der Waals surface area contributed by atoms with Gasteiger partial charge in [-0.3, -0.25) is 9.89 Å². The van der Waals surface area contributed by atoms with Crippen LogP contribution in [0, 0.1) is 16.7 Å². The van der Waals surface area contributed by atoms with Crippen molar-refractivity contribution >= 4 is 5.91 Å². The van der Waals surface area contributed by atoms with Crippen LogP contribution < -0.4 is 5.32 Å². The third kappa shape index (κ3) is 3.87. The largest absolute Gasteiger partial charge is 0.348 e. The lowest BCUT2D eigenvalue weighted by atomic mass is 9.96. The maximum atomic E-state index is 11.7. The Labute approximate surface area is 100 Å². The van der Waals surface area contributed by atoms with E-state index in [1.54, 1.807) is 13.8 Å². The average Bonchev–Trinajstić information content (AvgIpc) is 2.75. The van der Waals surface area contributed by atoms with E-state index in [0.29, 0.717) is 5.82 Å². The van der Waals surface area contributed by atoms with Gasteiger partial charge in [-0.15, -0.1) is 5.10 Å². The number of H-pyrrole nitrogens is 1. The quantitative estimate of drug-likeness (QED) is 0.797. The molecule has 0 aliphatic heterocycles. The van der Waals surface area contributed by atoms with Gasteiger partial charge in [0.2, 0.25) is 5.82 Å². The van der Waals surface area contributed by atoms with Gasteiger partial charge < -0.3 is 5.32 Å². The summed E-state index contributed by atoms with van der Waals surface area (Å²) in [6, 6.07) is 2.11. The van der Waals surface area contributed by atoms with E-state index in [0.717, 1.165) is 12.8 Å². The first-order valence-electron chi connectivity index (χ1n) is 5.59. The highest BCUT2D eigenvalue weighted by molar-refractivity contribution is 5.90. The summed E-state index contributed by atoms with van der Waals surface area (Å²) in [5, 5.41) is 18.0. The molecule has 92 valence electrons. The lowest BCUT2D eigenvalue weighted by Gasteiger charge is -2.14. The van der Waals surface area contributed by atoms with Crippen LogP contribution in [0.2, 0.25) is 0 Å². The molecule has 1 rings (SSSR count). The first kappa shape index (κ1) is 13.2. The van der Waals surface area contributed by atoms with Crippen molar-refractivity contribution in [2.75, 3.05) is 6.54 Å². The number of hydrogen-bond donors (Lipinski definition) is 2. The Balaban J connectivity index is 2.56. The minimum absolute atomic E-state index is 0.127. The Morgan fingerprint density at radius 2 is 2.29 bits per heavy atom. The molecule has 17 heavy (non-hydrogen) atoms. The van der Waals surface area contributed by atoms with Crippen LogP contribution in [-0.2, 0) is 6.42 Å². The van der Waals surface area contributed by atoms with E-state index in [2.05, 4.69) is 26.6 Å². The molecule has 1 aromatic rings. The van der Waals surface area contributed by atoms with Crippen LogP contribution in [0.15, 0.2) is 0 Å². The summed E-state index contributed by atoms with van der Waals surface area (Å²) in [6.07, 6.45) is 1.71. The SMILES string of the molecule is CCCc1nc(C(=O)NCC(C)(C)C#N)n[nH]1. The van der Waals surface area contributed by atoms with Crippen LogP contribution in [0.5, 0.6) is 0 Å². The molecule has 1 aromatic heterocycles. The molecule has 0 atom stereocenters. The molecule has 1 amide bonds. The van der Waals surface area contributed by atoms with Gasteiger partial charge in [-0.1, -0.05) is 6.92 Å². The van der Waals surface area contributed by atoms with Crippen LogP contribution in [0.1, 0.15) is 43.6 Å². The van der Waals surface area contributed by atoms with Crippen LogP contribution in [0.4, 0.5) is 0 Å². The van der Waals surface area contributed by atoms with Crippen molar-refractivity contribution < 1.29 is 4.79 Å². The first-order valence-corrected chi connectivity index (χ1v) is 5.59. The van der Waals surface area contributed by atoms with Crippen LogP contribution in [0.3, 0.4) is 0 Å². The van der Waals surface area contributed by atoms with Gasteiger partial charge in [0.1, 0.15) is 5.82 Å². The standard InChI is InChI=1S/C11H17N5O/c1-4-5-8-14-9(16-15-8)10(17)13-7-11(2,3)6-12/h4-5,7H2,1-3H3,(H,13,17)(H,14,15,16). The normalized spacial score (nSPS) is 10.9. The molecule has 0 spiro atoms. The zero-order chi connectivity index (χ0) is 12.9. The molecular weight excluding hydrogens is 218 g/mol. The fourth-order valence-corrected chi connectivity index (χ4v) is 1.17. The molecule has 0 aliphatic carbocycles. The van der Waals surface area contributed by atoms with Crippen molar-refractivity contribution in [1.29, 1.82) is 5.26 Å². The van der Waals surface area contributed by atoms with Crippen LogP contribution in [0.25, 0.3) is 0 Å². The monoisotopic (exact) mass is 235 g/mol. The van der Waals surface area contributed by atoms with Crippen molar-refractivity contribution in [1.82, 2.24) is 20.5 Å². The van der Waals surface area contributed by atoms with E-state index in [4.69, 9.17) is 5.26 Å². The summed E-state index contributed by atoms with van der Waals surface area (Å²) >= 11 is 0. The predicted octanol–water partition coefficient (Wildman–Crippen LogP) is 1.04. The molecule has 2 N–H and O–H groups in total. The fraction of sp³-hybridized carbons (Fsp3) is 0.636. The Bertz CT molecular complexity index is 429. The predicted molar refractivity (Wildman–Crippen MR) is 62.1 cm³/mol. The van der Waals surface area contributed by atoms with E-state index in [1.165, 1.54) is 0 Å². The number of nitrogens with zero attached hydrogens (tertiary/aromatic N) is 3. The third-order valence-electron chi connectivity index (χ3n) is 2.22. The smallest absolute Gasteiger partial charge is 0.291 e. The van der Waals surface area contributed by atoms with Gasteiger partial charge in [0.05, 0.1) is 11.5 Å². The van der Waals surface area contributed by atoms with Crippen molar-refractivity contribution in [3.05, 3.63) is 11.6 Å². The van der Waals surface area contributed by atoms with Crippen LogP contribution in [-0.4, -0.2) is 27.6 Å². The molecular formula is C11H17N5O. The second-order valence-electron chi connectivity index (χ2n) is 4.53. The fourth-order valence-electron chi connectivity index (χ4n) is 1.17. The summed E-state index contributed by atoms with van der Waals surface area (Å²) in [6.45, 7) is 5.82. The number of carbonyl (C=O) groups is 1. The van der Waals surface area contributed by atoms with Crippen molar-refractivity contribution in [3.63, 3.8) is 0 Å². The van der Waals surface area contributed by atoms with Gasteiger partial charge in [0.25, 0.3) is 5.91 Å². The third-order valence-corrected chi connectivity index (χ3v) is 2.22. The minimum atomic E-state index is -0.585. The number of aromatic amines is 1. The summed E-state index contributed by atoms with van der Waals surface area (Å²) in [5.41, 5.74) is -0.585. The zero-order valence-electron chi connectivity index (χ0n) is 10.4. The first-order chi connectivity index (χ1) is 7.98. The van der Waals surface area contributed by atoms with Crippen LogP contribution >= 0.6 is 0 Å². The number of carbonyl (C=O) groups excluding carboxylic acids is 1. The van der Waals surface area contributed by atoms with Gasteiger partial charge in [-0.05, 0) is 20.3 Å². The number of hydrogen-bond acceptors (Lipinski definition) is 4. The minimum Gasteiger partial charge on any atom is -0.348 e.